The van der Waals surface area contributed by atoms with Crippen molar-refractivity contribution in [2.75, 3.05) is 24.7 Å². The van der Waals surface area contributed by atoms with Crippen LogP contribution in [0.5, 0.6) is 5.75 Å². The summed E-state index contributed by atoms with van der Waals surface area (Å²) in [5, 5.41) is 8.61. The summed E-state index contributed by atoms with van der Waals surface area (Å²) in [7, 11) is 0. The van der Waals surface area contributed by atoms with Crippen LogP contribution in [-0.4, -0.2) is 29.8 Å². The van der Waals surface area contributed by atoms with Crippen LogP contribution < -0.4 is 4.74 Å². The summed E-state index contributed by atoms with van der Waals surface area (Å²) >= 11 is 1.76. The Morgan fingerprint density at radius 2 is 1.81 bits per heavy atom. The number of aliphatic hydroxyl groups is 1. The van der Waals surface area contributed by atoms with Gasteiger partial charge in [-0.2, -0.15) is 11.8 Å². The summed E-state index contributed by atoms with van der Waals surface area (Å²) in [6, 6.07) is 6.27. The molecule has 1 aromatic rings. The lowest BCUT2D eigenvalue weighted by molar-refractivity contribution is 0.316. The Morgan fingerprint density at radius 1 is 1.12 bits per heavy atom. The Morgan fingerprint density at radius 3 is 2.44 bits per heavy atom. The third-order valence-corrected chi connectivity index (χ3v) is 3.18. The van der Waals surface area contributed by atoms with E-state index in [4.69, 9.17) is 9.84 Å². The van der Waals surface area contributed by atoms with Gasteiger partial charge >= 0.3 is 0 Å². The van der Waals surface area contributed by atoms with Crippen molar-refractivity contribution in [1.82, 2.24) is 0 Å². The largest absolute Gasteiger partial charge is 0.494 e. The van der Waals surface area contributed by atoms with E-state index in [-0.39, 0.29) is 6.61 Å². The molecule has 0 radical (unpaired) electrons. The first kappa shape index (κ1) is 13.4. The average molecular weight is 240 g/mol. The Balaban J connectivity index is 2.21. The molecule has 0 aromatic heterocycles. The topological polar surface area (TPSA) is 29.5 Å². The van der Waals surface area contributed by atoms with Gasteiger partial charge in [-0.25, -0.2) is 0 Å². The van der Waals surface area contributed by atoms with E-state index in [0.717, 1.165) is 30.3 Å². The Kier molecular flexibility index (Phi) is 6.34. The number of aliphatic hydroxyl groups excluding tert-OH is 1. The highest BCUT2D eigenvalue weighted by atomic mass is 32.2. The van der Waals surface area contributed by atoms with Crippen LogP contribution in [0.1, 0.15) is 17.5 Å². The number of hydrogen-bond acceptors (Lipinski definition) is 3. The molecule has 1 N–H and O–H groups in total. The second-order valence-corrected chi connectivity index (χ2v) is 5.09. The number of hydrogen-bond donors (Lipinski definition) is 1. The van der Waals surface area contributed by atoms with Crippen LogP contribution in [0, 0.1) is 13.8 Å². The Hall–Kier alpha value is -0.670. The van der Waals surface area contributed by atoms with Gasteiger partial charge in [-0.15, -0.1) is 0 Å². The third-order valence-electron chi connectivity index (χ3n) is 2.13. The molecule has 0 aliphatic carbocycles. The van der Waals surface area contributed by atoms with Crippen molar-refractivity contribution in [1.29, 1.82) is 0 Å². The van der Waals surface area contributed by atoms with Gasteiger partial charge in [0.15, 0.2) is 0 Å². The number of rotatable bonds is 7. The second-order valence-electron chi connectivity index (χ2n) is 3.86. The molecule has 0 saturated carbocycles. The molecule has 0 fully saturated rings. The molecule has 0 unspecified atom stereocenters. The molecule has 0 saturated heterocycles. The summed E-state index contributed by atoms with van der Waals surface area (Å²) in [5.41, 5.74) is 2.48. The molecule has 2 nitrogen and oxygen atoms in total. The molecule has 90 valence electrons. The van der Waals surface area contributed by atoms with E-state index in [2.05, 4.69) is 32.0 Å². The molecule has 0 heterocycles. The van der Waals surface area contributed by atoms with Crippen molar-refractivity contribution in [3.63, 3.8) is 0 Å². The van der Waals surface area contributed by atoms with E-state index in [9.17, 15) is 0 Å². The van der Waals surface area contributed by atoms with Crippen LogP contribution in [0.4, 0.5) is 0 Å². The number of thioether (sulfide) groups is 1. The minimum Gasteiger partial charge on any atom is -0.494 e. The van der Waals surface area contributed by atoms with Crippen LogP contribution in [-0.2, 0) is 0 Å². The van der Waals surface area contributed by atoms with E-state index in [1.807, 2.05) is 0 Å². The summed E-state index contributed by atoms with van der Waals surface area (Å²) in [6.45, 7) is 5.18. The minimum atomic E-state index is 0.266. The van der Waals surface area contributed by atoms with Gasteiger partial charge < -0.3 is 9.84 Å². The second kappa shape index (κ2) is 7.58. The van der Waals surface area contributed by atoms with Crippen LogP contribution in [0.15, 0.2) is 18.2 Å². The highest BCUT2D eigenvalue weighted by molar-refractivity contribution is 7.99. The predicted octanol–water partition coefficient (Wildman–Crippen LogP) is 2.80. The Labute approximate surface area is 102 Å². The lowest BCUT2D eigenvalue weighted by atomic mass is 10.1. The molecule has 0 aliphatic heterocycles. The fourth-order valence-electron chi connectivity index (χ4n) is 1.53. The molecule has 3 heteroatoms. The van der Waals surface area contributed by atoms with Crippen LogP contribution in [0.25, 0.3) is 0 Å². The molecule has 1 rings (SSSR count). The molecule has 0 spiro atoms. The zero-order valence-electron chi connectivity index (χ0n) is 10.0. The predicted molar refractivity (Wildman–Crippen MR) is 70.4 cm³/mol. The quantitative estimate of drug-likeness (QED) is 0.743. The van der Waals surface area contributed by atoms with Crippen molar-refractivity contribution in [3.8, 4) is 5.75 Å². The smallest absolute Gasteiger partial charge is 0.119 e. The van der Waals surface area contributed by atoms with Gasteiger partial charge in [0.05, 0.1) is 13.2 Å². The molecule has 0 bridgehead atoms. The first-order valence-electron chi connectivity index (χ1n) is 5.62. The molecule has 1 aromatic carbocycles. The van der Waals surface area contributed by atoms with E-state index in [1.54, 1.807) is 11.8 Å². The molecule has 0 amide bonds. The van der Waals surface area contributed by atoms with Gasteiger partial charge in [-0.3, -0.25) is 0 Å². The van der Waals surface area contributed by atoms with Crippen molar-refractivity contribution in [3.05, 3.63) is 29.3 Å². The zero-order valence-corrected chi connectivity index (χ0v) is 10.8. The van der Waals surface area contributed by atoms with Crippen LogP contribution in [0.3, 0.4) is 0 Å². The summed E-state index contributed by atoms with van der Waals surface area (Å²) in [5.74, 6) is 2.83. The lowest BCUT2D eigenvalue weighted by Crippen LogP contribution is -2.00. The standard InChI is InChI=1S/C13H20O2S/c1-11-8-12(2)10-13(9-11)15-5-3-6-16-7-4-14/h8-10,14H,3-7H2,1-2H3. The first-order valence-corrected chi connectivity index (χ1v) is 6.77. The van der Waals surface area contributed by atoms with Crippen LogP contribution >= 0.6 is 11.8 Å². The number of ether oxygens (including phenoxy) is 1. The van der Waals surface area contributed by atoms with Crippen molar-refractivity contribution >= 4 is 11.8 Å². The maximum Gasteiger partial charge on any atom is 0.119 e. The number of aryl methyl sites for hydroxylation is 2. The molecule has 0 aliphatic rings. The van der Waals surface area contributed by atoms with E-state index in [0.29, 0.717) is 0 Å². The summed E-state index contributed by atoms with van der Waals surface area (Å²) in [6.07, 6.45) is 1.03. The SMILES string of the molecule is Cc1cc(C)cc(OCCCSCCO)c1. The van der Waals surface area contributed by atoms with Gasteiger partial charge in [0, 0.05) is 5.75 Å². The van der Waals surface area contributed by atoms with Gasteiger partial charge in [0.1, 0.15) is 5.75 Å². The van der Waals surface area contributed by atoms with Gasteiger partial charge in [-0.1, -0.05) is 6.07 Å². The van der Waals surface area contributed by atoms with Gasteiger partial charge in [-0.05, 0) is 49.3 Å². The van der Waals surface area contributed by atoms with Crippen molar-refractivity contribution < 1.29 is 9.84 Å². The third kappa shape index (κ3) is 5.42. The highest BCUT2D eigenvalue weighted by Gasteiger charge is 1.96. The average Bonchev–Trinajstić information content (AvgIpc) is 2.22. The molecular formula is C13H20O2S. The van der Waals surface area contributed by atoms with Gasteiger partial charge in [0.2, 0.25) is 0 Å². The van der Waals surface area contributed by atoms with E-state index < -0.39 is 0 Å². The molecular weight excluding hydrogens is 220 g/mol. The maximum absolute atomic E-state index is 8.61. The highest BCUT2D eigenvalue weighted by Crippen LogP contribution is 2.16. The normalized spacial score (nSPS) is 10.4. The fraction of sp³-hybridized carbons (Fsp3) is 0.538. The van der Waals surface area contributed by atoms with E-state index >= 15 is 0 Å². The van der Waals surface area contributed by atoms with Gasteiger partial charge in [0.25, 0.3) is 0 Å². The summed E-state index contributed by atoms with van der Waals surface area (Å²) < 4.78 is 5.67. The minimum absolute atomic E-state index is 0.266. The van der Waals surface area contributed by atoms with E-state index in [1.165, 1.54) is 11.1 Å². The van der Waals surface area contributed by atoms with Crippen molar-refractivity contribution in [2.45, 2.75) is 20.3 Å². The van der Waals surface area contributed by atoms with Crippen molar-refractivity contribution in [2.24, 2.45) is 0 Å². The zero-order chi connectivity index (χ0) is 11.8. The Bertz CT molecular complexity index is 293. The number of benzene rings is 1. The monoisotopic (exact) mass is 240 g/mol. The first-order chi connectivity index (χ1) is 7.72. The summed E-state index contributed by atoms with van der Waals surface area (Å²) in [4.78, 5) is 0. The molecule has 0 atom stereocenters. The van der Waals surface area contributed by atoms with Crippen LogP contribution in [0.2, 0.25) is 0 Å². The molecule has 16 heavy (non-hydrogen) atoms. The lowest BCUT2D eigenvalue weighted by Gasteiger charge is -2.07. The fourth-order valence-corrected chi connectivity index (χ4v) is 2.19. The maximum atomic E-state index is 8.61.